The number of carbonyl (C=O) groups is 1. The van der Waals surface area contributed by atoms with Gasteiger partial charge in [-0.25, -0.2) is 4.98 Å². The summed E-state index contributed by atoms with van der Waals surface area (Å²) in [5, 5.41) is 0.658. The quantitative estimate of drug-likeness (QED) is 0.139. The normalized spacial score (nSPS) is 12.1. The predicted octanol–water partition coefficient (Wildman–Crippen LogP) is 9.30. The third kappa shape index (κ3) is 7.11. The van der Waals surface area contributed by atoms with Gasteiger partial charge in [0.25, 0.3) is 5.91 Å². The van der Waals surface area contributed by atoms with E-state index in [0.29, 0.717) is 23.7 Å². The molecule has 0 bridgehead atoms. The van der Waals surface area contributed by atoms with Gasteiger partial charge in [-0.1, -0.05) is 110 Å². The summed E-state index contributed by atoms with van der Waals surface area (Å²) in [7, 11) is 0. The van der Waals surface area contributed by atoms with Crippen LogP contribution in [0.1, 0.15) is 72.0 Å². The molecule has 0 aliphatic heterocycles. The van der Waals surface area contributed by atoms with Crippen molar-refractivity contribution in [2.24, 2.45) is 5.92 Å². The Hall–Kier alpha value is -3.89. The molecule has 0 N–H and O–H groups in total. The van der Waals surface area contributed by atoms with Crippen molar-refractivity contribution in [3.8, 4) is 0 Å². The largest absolute Gasteiger partial charge is 0.328 e. The number of halogens is 1. The molecule has 42 heavy (non-hydrogen) atoms. The van der Waals surface area contributed by atoms with E-state index in [1.165, 1.54) is 11.1 Å². The van der Waals surface area contributed by atoms with Crippen LogP contribution in [-0.2, 0) is 13.0 Å². The van der Waals surface area contributed by atoms with Crippen molar-refractivity contribution in [3.05, 3.63) is 136 Å². The van der Waals surface area contributed by atoms with Crippen LogP contribution < -0.4 is 0 Å². The van der Waals surface area contributed by atoms with Crippen molar-refractivity contribution in [1.82, 2.24) is 14.5 Å². The number of rotatable bonds is 12. The topological polar surface area (TPSA) is 38.1 Å². The summed E-state index contributed by atoms with van der Waals surface area (Å²) in [5.74, 6) is 1.09. The number of benzene rings is 4. The maximum atomic E-state index is 14.3. The molecule has 5 rings (SSSR count). The summed E-state index contributed by atoms with van der Waals surface area (Å²) in [4.78, 5) is 21.5. The zero-order chi connectivity index (χ0) is 29.5. The lowest BCUT2D eigenvalue weighted by atomic mass is 9.98. The number of nitrogens with zero attached hydrogens (tertiary/aromatic N) is 3. The number of unbranched alkanes of at least 4 members (excludes halogenated alkanes) is 2. The van der Waals surface area contributed by atoms with Gasteiger partial charge in [0.05, 0.1) is 17.1 Å². The van der Waals surface area contributed by atoms with Gasteiger partial charge < -0.3 is 9.47 Å². The van der Waals surface area contributed by atoms with Crippen molar-refractivity contribution in [1.29, 1.82) is 0 Å². The SMILES string of the molecule is Cc1ccc(C(=O)N(CCCCCc2ccccc2)[C@@H](c2nc3cc(Cl)ccc3n2Cc2ccccc2)C(C)C)cc1. The minimum atomic E-state index is -0.206. The van der Waals surface area contributed by atoms with E-state index in [0.717, 1.165) is 48.1 Å². The van der Waals surface area contributed by atoms with Crippen molar-refractivity contribution in [3.63, 3.8) is 0 Å². The summed E-state index contributed by atoms with van der Waals surface area (Å²) < 4.78 is 2.27. The van der Waals surface area contributed by atoms with Gasteiger partial charge in [-0.05, 0) is 73.6 Å². The fourth-order valence-corrected chi connectivity index (χ4v) is 5.90. The lowest BCUT2D eigenvalue weighted by molar-refractivity contribution is 0.0601. The van der Waals surface area contributed by atoms with Gasteiger partial charge in [0.1, 0.15) is 5.82 Å². The van der Waals surface area contributed by atoms with E-state index < -0.39 is 0 Å². The molecule has 0 saturated heterocycles. The van der Waals surface area contributed by atoms with Crippen LogP contribution in [-0.4, -0.2) is 26.9 Å². The molecule has 0 spiro atoms. The number of aromatic nitrogens is 2. The Morgan fingerprint density at radius 2 is 1.50 bits per heavy atom. The highest BCUT2D eigenvalue weighted by molar-refractivity contribution is 6.31. The van der Waals surface area contributed by atoms with Gasteiger partial charge in [0.15, 0.2) is 0 Å². The van der Waals surface area contributed by atoms with Crippen LogP contribution in [0.2, 0.25) is 5.02 Å². The molecule has 0 saturated carbocycles. The molecule has 0 aliphatic carbocycles. The molecular formula is C37H40ClN3O. The van der Waals surface area contributed by atoms with E-state index in [9.17, 15) is 4.79 Å². The van der Waals surface area contributed by atoms with Gasteiger partial charge in [0, 0.05) is 23.7 Å². The molecule has 0 unspecified atom stereocenters. The minimum absolute atomic E-state index is 0.0492. The molecule has 0 fully saturated rings. The molecule has 1 atom stereocenters. The van der Waals surface area contributed by atoms with Gasteiger partial charge >= 0.3 is 0 Å². The first kappa shape index (κ1) is 29.6. The van der Waals surface area contributed by atoms with Crippen LogP contribution in [0.25, 0.3) is 11.0 Å². The molecule has 1 amide bonds. The highest BCUT2D eigenvalue weighted by Gasteiger charge is 2.33. The molecule has 4 aromatic carbocycles. The smallest absolute Gasteiger partial charge is 0.254 e. The Morgan fingerprint density at radius 1 is 0.833 bits per heavy atom. The number of fused-ring (bicyclic) bond motifs is 1. The van der Waals surface area contributed by atoms with Crippen molar-refractivity contribution in [2.45, 2.75) is 59.0 Å². The molecule has 4 nitrogen and oxygen atoms in total. The Labute approximate surface area is 255 Å². The maximum absolute atomic E-state index is 14.3. The molecule has 5 heteroatoms. The third-order valence-corrected chi connectivity index (χ3v) is 8.16. The van der Waals surface area contributed by atoms with Crippen LogP contribution in [0.3, 0.4) is 0 Å². The van der Waals surface area contributed by atoms with Crippen LogP contribution in [0.4, 0.5) is 0 Å². The summed E-state index contributed by atoms with van der Waals surface area (Å²) in [6.07, 6.45) is 4.12. The zero-order valence-electron chi connectivity index (χ0n) is 24.8. The Kier molecular flexibility index (Phi) is 9.76. The fourth-order valence-electron chi connectivity index (χ4n) is 5.74. The number of aryl methyl sites for hydroxylation is 2. The molecular weight excluding hydrogens is 538 g/mol. The first-order chi connectivity index (χ1) is 20.4. The summed E-state index contributed by atoms with van der Waals surface area (Å²) >= 11 is 6.42. The molecule has 0 radical (unpaired) electrons. The predicted molar refractivity (Wildman–Crippen MR) is 174 cm³/mol. The van der Waals surface area contributed by atoms with Crippen LogP contribution in [0, 0.1) is 12.8 Å². The summed E-state index contributed by atoms with van der Waals surface area (Å²) in [6, 6.07) is 34.7. The average Bonchev–Trinajstić information content (AvgIpc) is 3.33. The lowest BCUT2D eigenvalue weighted by Gasteiger charge is -2.35. The Bertz CT molecular complexity index is 1590. The standard InChI is InChI=1S/C37H40ClN3O/c1-27(2)35(36-39-33-25-32(38)22-23-34(33)41(36)26-30-16-9-5-10-17-30)40(37(42)31-20-18-28(3)19-21-31)24-12-6-11-15-29-13-7-4-8-14-29/h4-5,7-10,13-14,16-23,25,27,35H,6,11-12,15,24,26H2,1-3H3/t35-/m1/s1. The van der Waals surface area contributed by atoms with E-state index in [1.807, 2.05) is 55.5 Å². The fraction of sp³-hybridized carbons (Fsp3) is 0.297. The minimum Gasteiger partial charge on any atom is -0.328 e. The second kappa shape index (κ2) is 13.8. The van der Waals surface area contributed by atoms with Crippen molar-refractivity contribution >= 4 is 28.5 Å². The summed E-state index contributed by atoms with van der Waals surface area (Å²) in [6.45, 7) is 7.76. The Balaban J connectivity index is 1.50. The molecule has 1 aromatic heterocycles. The van der Waals surface area contributed by atoms with Gasteiger partial charge in [0.2, 0.25) is 0 Å². The van der Waals surface area contributed by atoms with Gasteiger partial charge in [-0.3, -0.25) is 4.79 Å². The molecule has 5 aromatic rings. The van der Waals surface area contributed by atoms with Crippen LogP contribution >= 0.6 is 11.6 Å². The average molecular weight is 578 g/mol. The lowest BCUT2D eigenvalue weighted by Crippen LogP contribution is -2.39. The molecule has 0 aliphatic rings. The third-order valence-electron chi connectivity index (χ3n) is 7.92. The van der Waals surface area contributed by atoms with Crippen molar-refractivity contribution in [2.75, 3.05) is 6.54 Å². The highest BCUT2D eigenvalue weighted by Crippen LogP contribution is 2.34. The van der Waals surface area contributed by atoms with Gasteiger partial charge in [-0.2, -0.15) is 0 Å². The second-order valence-electron chi connectivity index (χ2n) is 11.5. The summed E-state index contributed by atoms with van der Waals surface area (Å²) in [5.41, 5.74) is 6.27. The number of hydrogen-bond donors (Lipinski definition) is 0. The van der Waals surface area contributed by atoms with Crippen molar-refractivity contribution < 1.29 is 4.79 Å². The molecule has 1 heterocycles. The second-order valence-corrected chi connectivity index (χ2v) is 12.0. The highest BCUT2D eigenvalue weighted by atomic mass is 35.5. The van der Waals surface area contributed by atoms with E-state index in [1.54, 1.807) is 0 Å². The molecule has 216 valence electrons. The van der Waals surface area contributed by atoms with Gasteiger partial charge in [-0.15, -0.1) is 0 Å². The van der Waals surface area contributed by atoms with E-state index in [4.69, 9.17) is 16.6 Å². The van der Waals surface area contributed by atoms with Crippen LogP contribution in [0.15, 0.2) is 103 Å². The number of imidazole rings is 1. The van der Waals surface area contributed by atoms with E-state index in [-0.39, 0.29) is 17.9 Å². The van der Waals surface area contributed by atoms with E-state index in [2.05, 4.69) is 77.9 Å². The first-order valence-electron chi connectivity index (χ1n) is 15.0. The Morgan fingerprint density at radius 3 is 2.17 bits per heavy atom. The number of amides is 1. The van der Waals surface area contributed by atoms with E-state index >= 15 is 0 Å². The van der Waals surface area contributed by atoms with Crippen LogP contribution in [0.5, 0.6) is 0 Å². The zero-order valence-corrected chi connectivity index (χ0v) is 25.6. The monoisotopic (exact) mass is 577 g/mol. The number of carbonyl (C=O) groups excluding carboxylic acids is 1. The number of hydrogen-bond acceptors (Lipinski definition) is 2. The first-order valence-corrected chi connectivity index (χ1v) is 15.4. The maximum Gasteiger partial charge on any atom is 0.254 e.